The average molecular weight is 413 g/mol. The van der Waals surface area contributed by atoms with Crippen LogP contribution in [0.25, 0.3) is 0 Å². The number of anilines is 3. The number of rotatable bonds is 7. The lowest BCUT2D eigenvalue weighted by Crippen LogP contribution is -2.18. The molecule has 0 saturated heterocycles. The van der Waals surface area contributed by atoms with E-state index in [2.05, 4.69) is 21.5 Å². The Morgan fingerprint density at radius 2 is 1.62 bits per heavy atom. The molecule has 3 amide bonds. The van der Waals surface area contributed by atoms with Crippen molar-refractivity contribution in [2.45, 2.75) is 37.4 Å². The van der Waals surface area contributed by atoms with Crippen molar-refractivity contribution in [2.75, 3.05) is 16.1 Å². The van der Waals surface area contributed by atoms with Crippen LogP contribution in [-0.2, 0) is 4.79 Å². The van der Waals surface area contributed by atoms with Gasteiger partial charge in [0.2, 0.25) is 6.41 Å². The quantitative estimate of drug-likeness (QED) is 0.393. The van der Waals surface area contributed by atoms with Crippen LogP contribution in [0.4, 0.5) is 21.9 Å². The summed E-state index contributed by atoms with van der Waals surface area (Å²) < 4.78 is 0. The monoisotopic (exact) mass is 412 g/mol. The van der Waals surface area contributed by atoms with Gasteiger partial charge in [-0.2, -0.15) is 0 Å². The molecule has 0 spiro atoms. The summed E-state index contributed by atoms with van der Waals surface area (Å²) in [4.78, 5) is 35.1. The van der Waals surface area contributed by atoms with Gasteiger partial charge >= 0.3 is 0 Å². The van der Waals surface area contributed by atoms with Gasteiger partial charge in [-0.05, 0) is 55.3 Å². The number of thioether (sulfide) groups is 1. The highest BCUT2D eigenvalue weighted by Gasteiger charge is 2.18. The second-order valence-electron chi connectivity index (χ2n) is 6.79. The Bertz CT molecular complexity index is 851. The lowest BCUT2D eigenvalue weighted by Gasteiger charge is -2.20. The van der Waals surface area contributed by atoms with Gasteiger partial charge in [-0.15, -0.1) is 0 Å². The number of carbonyl (C=O) groups is 3. The van der Waals surface area contributed by atoms with Crippen LogP contribution in [0.5, 0.6) is 0 Å². The molecule has 1 aliphatic rings. The molecule has 2 aromatic rings. The first-order chi connectivity index (χ1) is 14.1. The van der Waals surface area contributed by atoms with Crippen LogP contribution >= 0.6 is 11.8 Å². The minimum Gasteiger partial charge on any atom is -0.322 e. The summed E-state index contributed by atoms with van der Waals surface area (Å²) in [5, 5.41) is 5.99. The van der Waals surface area contributed by atoms with E-state index < -0.39 is 0 Å². The van der Waals surface area contributed by atoms with Crippen LogP contribution in [0.15, 0.2) is 48.5 Å². The third-order valence-electron chi connectivity index (χ3n) is 4.62. The van der Waals surface area contributed by atoms with Crippen LogP contribution < -0.4 is 21.5 Å². The Kier molecular flexibility index (Phi) is 7.52. The summed E-state index contributed by atoms with van der Waals surface area (Å²) in [6.07, 6.45) is 6.33. The van der Waals surface area contributed by atoms with Crippen molar-refractivity contribution in [2.24, 2.45) is 0 Å². The zero-order chi connectivity index (χ0) is 20.5. The number of hydrogen-bond acceptors (Lipinski definition) is 5. The Morgan fingerprint density at radius 3 is 2.34 bits per heavy atom. The van der Waals surface area contributed by atoms with E-state index in [1.165, 1.54) is 31.0 Å². The molecule has 2 aromatic carbocycles. The molecule has 7 nitrogen and oxygen atoms in total. The predicted octanol–water partition coefficient (Wildman–Crippen LogP) is 4.61. The summed E-state index contributed by atoms with van der Waals surface area (Å²) in [6.45, 7) is 0. The van der Waals surface area contributed by atoms with Gasteiger partial charge in [-0.25, -0.2) is 0 Å². The maximum Gasteiger partial charge on any atom is 0.283 e. The Labute approximate surface area is 174 Å². The molecule has 1 fully saturated rings. The molecule has 1 aliphatic carbocycles. The molecule has 0 aliphatic heterocycles. The SMILES string of the molecule is O=CNNc1ccc(NC(=O)c2cccc(NC(=O)SC3CCCCC3)c2)cc1. The number of carbonyl (C=O) groups excluding carboxylic acids is 3. The zero-order valence-electron chi connectivity index (χ0n) is 15.9. The molecular weight excluding hydrogens is 388 g/mol. The zero-order valence-corrected chi connectivity index (χ0v) is 16.8. The molecule has 8 heteroatoms. The second-order valence-corrected chi connectivity index (χ2v) is 8.06. The van der Waals surface area contributed by atoms with Crippen molar-refractivity contribution in [1.82, 2.24) is 5.43 Å². The normalized spacial score (nSPS) is 13.9. The van der Waals surface area contributed by atoms with Crippen molar-refractivity contribution in [3.63, 3.8) is 0 Å². The summed E-state index contributed by atoms with van der Waals surface area (Å²) in [5.74, 6) is -0.271. The van der Waals surface area contributed by atoms with Gasteiger partial charge in [0.05, 0.1) is 5.69 Å². The molecule has 0 radical (unpaired) electrons. The highest BCUT2D eigenvalue weighted by atomic mass is 32.2. The van der Waals surface area contributed by atoms with Crippen molar-refractivity contribution in [1.29, 1.82) is 0 Å². The number of hydrogen-bond donors (Lipinski definition) is 4. The third kappa shape index (κ3) is 6.53. The number of benzene rings is 2. The highest BCUT2D eigenvalue weighted by molar-refractivity contribution is 8.14. The Morgan fingerprint density at radius 1 is 0.897 bits per heavy atom. The number of amides is 3. The maximum atomic E-state index is 12.5. The summed E-state index contributed by atoms with van der Waals surface area (Å²) in [6, 6.07) is 13.8. The molecule has 3 rings (SSSR count). The molecule has 0 aromatic heterocycles. The smallest absolute Gasteiger partial charge is 0.283 e. The van der Waals surface area contributed by atoms with Gasteiger partial charge in [-0.1, -0.05) is 37.1 Å². The van der Waals surface area contributed by atoms with Crippen molar-refractivity contribution < 1.29 is 14.4 Å². The van der Waals surface area contributed by atoms with Crippen LogP contribution in [-0.4, -0.2) is 22.8 Å². The Hall–Kier alpha value is -3.00. The maximum absolute atomic E-state index is 12.5. The van der Waals surface area contributed by atoms with E-state index >= 15 is 0 Å². The average Bonchev–Trinajstić information content (AvgIpc) is 2.74. The standard InChI is InChI=1S/C21H24N4O3S/c26-14-22-25-17-11-9-16(10-12-17)23-20(27)15-5-4-6-18(13-15)24-21(28)29-19-7-2-1-3-8-19/h4-6,9-14,19,25H,1-3,7-8H2,(H,22,26)(H,23,27)(H,24,28). The molecule has 0 heterocycles. The summed E-state index contributed by atoms with van der Waals surface area (Å²) in [7, 11) is 0. The van der Waals surface area contributed by atoms with E-state index in [0.717, 1.165) is 12.8 Å². The number of nitrogens with one attached hydrogen (secondary N) is 4. The first kappa shape index (κ1) is 20.7. The molecule has 0 bridgehead atoms. The van der Waals surface area contributed by atoms with Crippen molar-refractivity contribution in [3.05, 3.63) is 54.1 Å². The first-order valence-electron chi connectivity index (χ1n) is 9.58. The van der Waals surface area contributed by atoms with E-state index in [9.17, 15) is 14.4 Å². The third-order valence-corrected chi connectivity index (χ3v) is 5.74. The summed E-state index contributed by atoms with van der Waals surface area (Å²) >= 11 is 1.36. The van der Waals surface area contributed by atoms with Gasteiger partial charge in [0, 0.05) is 22.2 Å². The van der Waals surface area contributed by atoms with Gasteiger partial charge < -0.3 is 10.6 Å². The van der Waals surface area contributed by atoms with Gasteiger partial charge in [0.25, 0.3) is 11.1 Å². The van der Waals surface area contributed by atoms with E-state index in [-0.39, 0.29) is 11.1 Å². The molecule has 4 N–H and O–H groups in total. The Balaban J connectivity index is 1.55. The highest BCUT2D eigenvalue weighted by Crippen LogP contribution is 2.29. The minimum atomic E-state index is -0.271. The molecule has 1 saturated carbocycles. The minimum absolute atomic E-state index is 0.0820. The van der Waals surface area contributed by atoms with Crippen LogP contribution in [0.1, 0.15) is 42.5 Å². The summed E-state index contributed by atoms with van der Waals surface area (Å²) in [5.41, 5.74) is 7.40. The fourth-order valence-corrected chi connectivity index (χ4v) is 4.22. The van der Waals surface area contributed by atoms with E-state index in [0.29, 0.717) is 34.3 Å². The van der Waals surface area contributed by atoms with E-state index in [1.807, 2.05) is 0 Å². The van der Waals surface area contributed by atoms with Gasteiger partial charge in [-0.3, -0.25) is 25.2 Å². The molecule has 0 unspecified atom stereocenters. The number of hydrazine groups is 1. The predicted molar refractivity (Wildman–Crippen MR) is 117 cm³/mol. The molecule has 0 atom stereocenters. The van der Waals surface area contributed by atoms with E-state index in [4.69, 9.17) is 0 Å². The molecule has 152 valence electrons. The second kappa shape index (κ2) is 10.5. The fourth-order valence-electron chi connectivity index (χ4n) is 3.17. The fraction of sp³-hybridized carbons (Fsp3) is 0.286. The van der Waals surface area contributed by atoms with Gasteiger partial charge in [0.15, 0.2) is 0 Å². The van der Waals surface area contributed by atoms with Crippen molar-refractivity contribution in [3.8, 4) is 0 Å². The lowest BCUT2D eigenvalue weighted by molar-refractivity contribution is -0.109. The first-order valence-corrected chi connectivity index (χ1v) is 10.5. The van der Waals surface area contributed by atoms with Gasteiger partial charge in [0.1, 0.15) is 0 Å². The van der Waals surface area contributed by atoms with Crippen LogP contribution in [0, 0.1) is 0 Å². The van der Waals surface area contributed by atoms with Crippen LogP contribution in [0.2, 0.25) is 0 Å². The largest absolute Gasteiger partial charge is 0.322 e. The van der Waals surface area contributed by atoms with E-state index in [1.54, 1.807) is 48.5 Å². The lowest BCUT2D eigenvalue weighted by atomic mass is 10.0. The van der Waals surface area contributed by atoms with Crippen molar-refractivity contribution >= 4 is 46.4 Å². The van der Waals surface area contributed by atoms with Crippen LogP contribution in [0.3, 0.4) is 0 Å². The molecular formula is C21H24N4O3S. The topological polar surface area (TPSA) is 99.3 Å². The molecule has 29 heavy (non-hydrogen) atoms.